The molecule has 2 heterocycles. The van der Waals surface area contributed by atoms with Crippen LogP contribution in [0.5, 0.6) is 0 Å². The van der Waals surface area contributed by atoms with E-state index in [0.717, 1.165) is 3.97 Å². The van der Waals surface area contributed by atoms with Gasteiger partial charge in [-0.05, 0) is 6.07 Å². The molecule has 0 aromatic carbocycles. The average Bonchev–Trinajstić information content (AvgIpc) is 2.59. The van der Waals surface area contributed by atoms with E-state index in [1.54, 1.807) is 6.07 Å². The summed E-state index contributed by atoms with van der Waals surface area (Å²) in [6, 6.07) is 1.58. The van der Waals surface area contributed by atoms with Crippen molar-refractivity contribution >= 4 is 28.2 Å². The first kappa shape index (κ1) is 9.06. The molecule has 2 aromatic heterocycles. The van der Waals surface area contributed by atoms with Crippen LogP contribution in [0.15, 0.2) is 18.5 Å². The van der Waals surface area contributed by atoms with Crippen LogP contribution in [0.2, 0.25) is 0 Å². The van der Waals surface area contributed by atoms with Crippen molar-refractivity contribution in [3.05, 3.63) is 18.5 Å². The second-order valence-corrected chi connectivity index (χ2v) is 3.34. The van der Waals surface area contributed by atoms with Gasteiger partial charge in [0, 0.05) is 6.20 Å². The number of nitrogen functional groups attached to an aromatic ring is 1. The first-order chi connectivity index (χ1) is 6.72. The zero-order valence-electron chi connectivity index (χ0n) is 6.91. The Morgan fingerprint density at radius 1 is 1.64 bits per heavy atom. The zero-order valence-corrected chi connectivity index (χ0v) is 7.73. The largest absolute Gasteiger partial charge is 0.307 e. The summed E-state index contributed by atoms with van der Waals surface area (Å²) in [6.45, 7) is 0. The van der Waals surface area contributed by atoms with E-state index in [9.17, 15) is 4.21 Å². The van der Waals surface area contributed by atoms with Crippen LogP contribution < -0.4 is 11.3 Å². The fourth-order valence-electron chi connectivity index (χ4n) is 1.08. The lowest BCUT2D eigenvalue weighted by atomic mass is 10.5. The molecule has 0 aliphatic carbocycles. The number of aromatic nitrogens is 3. The lowest BCUT2D eigenvalue weighted by Crippen LogP contribution is -2.09. The summed E-state index contributed by atoms with van der Waals surface area (Å²) in [4.78, 5) is 7.97. The van der Waals surface area contributed by atoms with Crippen LogP contribution >= 0.6 is 0 Å². The van der Waals surface area contributed by atoms with Gasteiger partial charge in [-0.1, -0.05) is 0 Å². The van der Waals surface area contributed by atoms with Crippen molar-refractivity contribution < 1.29 is 8.76 Å². The van der Waals surface area contributed by atoms with E-state index < -0.39 is 11.3 Å². The maximum absolute atomic E-state index is 10.8. The highest BCUT2D eigenvalue weighted by Crippen LogP contribution is 2.13. The molecule has 2 rings (SSSR count). The monoisotopic (exact) mass is 213 g/mol. The molecular formula is C6H7N5O2S. The second-order valence-electron chi connectivity index (χ2n) is 2.48. The zero-order chi connectivity index (χ0) is 10.1. The molecule has 0 saturated heterocycles. The van der Waals surface area contributed by atoms with Gasteiger partial charge in [-0.25, -0.2) is 24.0 Å². The minimum absolute atomic E-state index is 0.338. The Kier molecular flexibility index (Phi) is 2.15. The average molecular weight is 213 g/mol. The van der Waals surface area contributed by atoms with E-state index in [-0.39, 0.29) is 0 Å². The molecule has 0 aliphatic rings. The Bertz CT molecular complexity index is 496. The van der Waals surface area contributed by atoms with Crippen molar-refractivity contribution in [2.24, 2.45) is 5.84 Å². The Balaban J connectivity index is 2.65. The van der Waals surface area contributed by atoms with E-state index in [0.29, 0.717) is 17.0 Å². The number of hydrogen-bond acceptors (Lipinski definition) is 5. The van der Waals surface area contributed by atoms with Gasteiger partial charge in [-0.2, -0.15) is 0 Å². The van der Waals surface area contributed by atoms with E-state index in [2.05, 4.69) is 15.4 Å². The number of hydrogen-bond donors (Lipinski definition) is 3. The molecule has 0 aliphatic heterocycles. The maximum atomic E-state index is 10.8. The van der Waals surface area contributed by atoms with Gasteiger partial charge in [-0.15, -0.1) is 0 Å². The van der Waals surface area contributed by atoms with E-state index >= 15 is 0 Å². The van der Waals surface area contributed by atoms with Gasteiger partial charge in [0.25, 0.3) is 11.3 Å². The lowest BCUT2D eigenvalue weighted by Gasteiger charge is -1.99. The van der Waals surface area contributed by atoms with Crippen LogP contribution in [0.4, 0.5) is 5.82 Å². The predicted octanol–water partition coefficient (Wildman–Crippen LogP) is -0.298. The van der Waals surface area contributed by atoms with E-state index in [1.807, 2.05) is 0 Å². The number of nitrogens with zero attached hydrogens (tertiary/aromatic N) is 3. The summed E-state index contributed by atoms with van der Waals surface area (Å²) >= 11 is -2.12. The van der Waals surface area contributed by atoms with Crippen LogP contribution in [-0.2, 0) is 11.3 Å². The SMILES string of the molecule is NNc1cnc2c(ccn2S(=O)O)n1. The molecule has 0 saturated carbocycles. The van der Waals surface area contributed by atoms with Gasteiger partial charge < -0.3 is 5.43 Å². The third kappa shape index (κ3) is 1.35. The molecule has 14 heavy (non-hydrogen) atoms. The summed E-state index contributed by atoms with van der Waals surface area (Å²) in [7, 11) is 0. The van der Waals surface area contributed by atoms with Crippen molar-refractivity contribution in [1.29, 1.82) is 0 Å². The summed E-state index contributed by atoms with van der Waals surface area (Å²) in [5.74, 6) is 5.54. The number of nitrogens with one attached hydrogen (secondary N) is 1. The van der Waals surface area contributed by atoms with Crippen molar-refractivity contribution in [1.82, 2.24) is 13.9 Å². The number of fused-ring (bicyclic) bond motifs is 1. The highest BCUT2D eigenvalue weighted by molar-refractivity contribution is 7.77. The van der Waals surface area contributed by atoms with Crippen LogP contribution in [0.1, 0.15) is 0 Å². The molecule has 0 fully saturated rings. The highest BCUT2D eigenvalue weighted by Gasteiger charge is 2.07. The third-order valence-electron chi connectivity index (χ3n) is 1.67. The molecule has 1 unspecified atom stereocenters. The van der Waals surface area contributed by atoms with Crippen LogP contribution in [0.3, 0.4) is 0 Å². The van der Waals surface area contributed by atoms with Gasteiger partial charge >= 0.3 is 0 Å². The fourth-order valence-corrected chi connectivity index (χ4v) is 1.54. The van der Waals surface area contributed by atoms with Crippen molar-refractivity contribution in [2.75, 3.05) is 5.43 Å². The Hall–Kier alpha value is -1.51. The molecule has 0 radical (unpaired) electrons. The number of hydrazine groups is 1. The first-order valence-corrected chi connectivity index (χ1v) is 4.71. The Morgan fingerprint density at radius 2 is 2.43 bits per heavy atom. The molecule has 1 atom stereocenters. The molecular weight excluding hydrogens is 206 g/mol. The van der Waals surface area contributed by atoms with Crippen molar-refractivity contribution in [2.45, 2.75) is 0 Å². The topological polar surface area (TPSA) is 106 Å². The lowest BCUT2D eigenvalue weighted by molar-refractivity contribution is 0.556. The van der Waals surface area contributed by atoms with Crippen LogP contribution in [0, 0.1) is 0 Å². The summed E-state index contributed by atoms with van der Waals surface area (Å²) in [5, 5.41) is 0. The minimum atomic E-state index is -2.12. The van der Waals surface area contributed by atoms with Crippen molar-refractivity contribution in [3.8, 4) is 0 Å². The second kappa shape index (κ2) is 3.33. The number of anilines is 1. The van der Waals surface area contributed by atoms with Gasteiger partial charge in [0.1, 0.15) is 5.52 Å². The predicted molar refractivity (Wildman–Crippen MR) is 51.5 cm³/mol. The van der Waals surface area contributed by atoms with Gasteiger partial charge in [0.2, 0.25) is 0 Å². The summed E-state index contributed by atoms with van der Waals surface area (Å²) < 4.78 is 20.8. The molecule has 0 bridgehead atoms. The smallest absolute Gasteiger partial charge is 0.267 e. The standard InChI is InChI=1S/C6H7N5O2S/c7-10-5-3-8-6-4(9-5)1-2-11(6)14(12)13/h1-3H,7H2,(H,9,10)(H,12,13). The number of rotatable bonds is 2. The summed E-state index contributed by atoms with van der Waals surface area (Å²) in [5.41, 5.74) is 3.18. The molecule has 0 amide bonds. The van der Waals surface area contributed by atoms with E-state index in [1.165, 1.54) is 12.4 Å². The van der Waals surface area contributed by atoms with Crippen LogP contribution in [-0.4, -0.2) is 22.7 Å². The molecule has 7 nitrogen and oxygen atoms in total. The molecule has 8 heteroatoms. The molecule has 0 spiro atoms. The third-order valence-corrected chi connectivity index (χ3v) is 2.30. The molecule has 4 N–H and O–H groups in total. The Morgan fingerprint density at radius 3 is 3.07 bits per heavy atom. The first-order valence-electron chi connectivity index (χ1n) is 3.64. The normalized spacial score (nSPS) is 13.0. The van der Waals surface area contributed by atoms with Gasteiger partial charge in [0.15, 0.2) is 11.5 Å². The van der Waals surface area contributed by atoms with E-state index in [4.69, 9.17) is 10.4 Å². The van der Waals surface area contributed by atoms with Crippen molar-refractivity contribution in [3.63, 3.8) is 0 Å². The highest BCUT2D eigenvalue weighted by atomic mass is 32.2. The maximum Gasteiger partial charge on any atom is 0.267 e. The molecule has 2 aromatic rings. The minimum Gasteiger partial charge on any atom is -0.307 e. The molecule has 74 valence electrons. The van der Waals surface area contributed by atoms with Crippen LogP contribution in [0.25, 0.3) is 11.2 Å². The fraction of sp³-hybridized carbons (Fsp3) is 0. The Labute approximate surface area is 81.3 Å². The summed E-state index contributed by atoms with van der Waals surface area (Å²) in [6.07, 6.45) is 2.81. The van der Waals surface area contributed by atoms with Gasteiger partial charge in [0.05, 0.1) is 6.20 Å². The number of nitrogens with two attached hydrogens (primary N) is 1. The quantitative estimate of drug-likeness (QED) is 0.359. The van der Waals surface area contributed by atoms with Gasteiger partial charge in [-0.3, -0.25) is 4.55 Å².